The zero-order valence-electron chi connectivity index (χ0n) is 15.2. The van der Waals surface area contributed by atoms with Gasteiger partial charge in [0, 0.05) is 12.0 Å². The number of ether oxygens (including phenoxy) is 3. The molecule has 0 bridgehead atoms. The van der Waals surface area contributed by atoms with Crippen molar-refractivity contribution in [3.8, 4) is 11.5 Å². The van der Waals surface area contributed by atoms with Gasteiger partial charge in [0.05, 0.1) is 12.8 Å². The fourth-order valence-electron chi connectivity index (χ4n) is 2.21. The molecule has 0 spiro atoms. The van der Waals surface area contributed by atoms with Crippen molar-refractivity contribution < 1.29 is 28.6 Å². The lowest BCUT2D eigenvalue weighted by atomic mass is 10.1. The highest BCUT2D eigenvalue weighted by atomic mass is 16.6. The molecule has 2 aromatic rings. The first-order valence-corrected chi connectivity index (χ1v) is 8.38. The summed E-state index contributed by atoms with van der Waals surface area (Å²) < 4.78 is 15.3. The molecule has 2 rings (SSSR count). The first kappa shape index (κ1) is 20.0. The Kier molecular flexibility index (Phi) is 7.37. The summed E-state index contributed by atoms with van der Waals surface area (Å²) >= 11 is 0. The SMILES string of the molecule is CCC(=O)c1ccc(OCC(=O)OCC(=O)Nc2ccccc2OC)cc1. The number of rotatable bonds is 9. The quantitative estimate of drug-likeness (QED) is 0.538. The highest BCUT2D eigenvalue weighted by molar-refractivity contribution is 5.96. The zero-order chi connectivity index (χ0) is 19.6. The molecule has 0 saturated heterocycles. The number of anilines is 1. The number of carbonyl (C=O) groups is 3. The van der Waals surface area contributed by atoms with E-state index in [1.54, 1.807) is 55.5 Å². The van der Waals surface area contributed by atoms with E-state index < -0.39 is 18.5 Å². The molecule has 0 radical (unpaired) electrons. The number of amides is 1. The third-order valence-electron chi connectivity index (χ3n) is 3.60. The normalized spacial score (nSPS) is 10.0. The van der Waals surface area contributed by atoms with Gasteiger partial charge in [0.25, 0.3) is 5.91 Å². The molecule has 7 nitrogen and oxygen atoms in total. The number of carbonyl (C=O) groups excluding carboxylic acids is 3. The number of nitrogens with one attached hydrogen (secondary N) is 1. The second-order valence-electron chi connectivity index (χ2n) is 5.50. The molecule has 0 heterocycles. The molecular formula is C20H21NO6. The van der Waals surface area contributed by atoms with Gasteiger partial charge in [-0.3, -0.25) is 9.59 Å². The second kappa shape index (κ2) is 9.96. The molecular weight excluding hydrogens is 350 g/mol. The van der Waals surface area contributed by atoms with E-state index in [9.17, 15) is 14.4 Å². The Bertz CT molecular complexity index is 800. The number of esters is 1. The summed E-state index contributed by atoms with van der Waals surface area (Å²) in [4.78, 5) is 35.1. The van der Waals surface area contributed by atoms with Crippen LogP contribution in [-0.2, 0) is 14.3 Å². The smallest absolute Gasteiger partial charge is 0.344 e. The lowest BCUT2D eigenvalue weighted by Crippen LogP contribution is -2.23. The molecule has 0 fully saturated rings. The molecule has 0 atom stereocenters. The average Bonchev–Trinajstić information content (AvgIpc) is 2.71. The minimum atomic E-state index is -0.682. The van der Waals surface area contributed by atoms with Gasteiger partial charge in [0.1, 0.15) is 11.5 Å². The second-order valence-corrected chi connectivity index (χ2v) is 5.50. The fraction of sp³-hybridized carbons (Fsp3) is 0.250. The summed E-state index contributed by atoms with van der Waals surface area (Å²) in [5, 5.41) is 2.60. The van der Waals surface area contributed by atoms with Gasteiger partial charge in [-0.1, -0.05) is 19.1 Å². The number of Topliss-reactive ketones (excluding diaryl/α,β-unsaturated/α-hetero) is 1. The summed E-state index contributed by atoms with van der Waals surface area (Å²) in [6.07, 6.45) is 0.420. The van der Waals surface area contributed by atoms with Crippen molar-refractivity contribution in [3.05, 3.63) is 54.1 Å². The van der Waals surface area contributed by atoms with Crippen molar-refractivity contribution in [2.45, 2.75) is 13.3 Å². The summed E-state index contributed by atoms with van der Waals surface area (Å²) in [5.41, 5.74) is 1.07. The minimum Gasteiger partial charge on any atom is -0.495 e. The van der Waals surface area contributed by atoms with Crippen molar-refractivity contribution >= 4 is 23.3 Å². The summed E-state index contributed by atoms with van der Waals surface area (Å²) in [6, 6.07) is 13.4. The maximum atomic E-state index is 11.9. The molecule has 1 amide bonds. The largest absolute Gasteiger partial charge is 0.495 e. The lowest BCUT2D eigenvalue weighted by Gasteiger charge is -2.10. The maximum Gasteiger partial charge on any atom is 0.344 e. The molecule has 2 aromatic carbocycles. The third-order valence-corrected chi connectivity index (χ3v) is 3.60. The van der Waals surface area contributed by atoms with Crippen molar-refractivity contribution in [1.82, 2.24) is 0 Å². The van der Waals surface area contributed by atoms with E-state index in [1.165, 1.54) is 7.11 Å². The van der Waals surface area contributed by atoms with E-state index in [0.29, 0.717) is 29.2 Å². The topological polar surface area (TPSA) is 90.9 Å². The molecule has 142 valence electrons. The summed E-state index contributed by atoms with van der Waals surface area (Å²) in [7, 11) is 1.49. The van der Waals surface area contributed by atoms with Crippen LogP contribution in [0.3, 0.4) is 0 Å². The van der Waals surface area contributed by atoms with Gasteiger partial charge in [-0.2, -0.15) is 0 Å². The maximum absolute atomic E-state index is 11.9. The third kappa shape index (κ3) is 6.14. The van der Waals surface area contributed by atoms with Crippen LogP contribution in [0.25, 0.3) is 0 Å². The van der Waals surface area contributed by atoms with Crippen LogP contribution >= 0.6 is 0 Å². The first-order valence-electron chi connectivity index (χ1n) is 8.38. The monoisotopic (exact) mass is 371 g/mol. The van der Waals surface area contributed by atoms with Crippen LogP contribution in [-0.4, -0.2) is 38.0 Å². The highest BCUT2D eigenvalue weighted by Gasteiger charge is 2.11. The minimum absolute atomic E-state index is 0.0296. The van der Waals surface area contributed by atoms with Gasteiger partial charge < -0.3 is 19.5 Å². The molecule has 0 aliphatic carbocycles. The van der Waals surface area contributed by atoms with E-state index >= 15 is 0 Å². The predicted molar refractivity (Wildman–Crippen MR) is 99.1 cm³/mol. The summed E-state index contributed by atoms with van der Waals surface area (Å²) in [5.74, 6) is -0.209. The molecule has 7 heteroatoms. The number of methoxy groups -OCH3 is 1. The van der Waals surface area contributed by atoms with Crippen molar-refractivity contribution in [2.24, 2.45) is 0 Å². The molecule has 0 unspecified atom stereocenters. The Hall–Kier alpha value is -3.35. The van der Waals surface area contributed by atoms with Crippen LogP contribution in [0.5, 0.6) is 11.5 Å². The van der Waals surface area contributed by atoms with E-state index in [-0.39, 0.29) is 12.4 Å². The van der Waals surface area contributed by atoms with Gasteiger partial charge in [-0.15, -0.1) is 0 Å². The number of para-hydroxylation sites is 2. The van der Waals surface area contributed by atoms with Gasteiger partial charge in [0.15, 0.2) is 19.0 Å². The molecule has 0 aromatic heterocycles. The number of hydrogen-bond acceptors (Lipinski definition) is 6. The van der Waals surface area contributed by atoms with E-state index in [0.717, 1.165) is 0 Å². The summed E-state index contributed by atoms with van der Waals surface area (Å²) in [6.45, 7) is 1.000. The van der Waals surface area contributed by atoms with Crippen LogP contribution in [0, 0.1) is 0 Å². The van der Waals surface area contributed by atoms with Gasteiger partial charge in [-0.25, -0.2) is 4.79 Å². The van der Waals surface area contributed by atoms with Gasteiger partial charge in [0.2, 0.25) is 0 Å². The first-order chi connectivity index (χ1) is 13.0. The van der Waals surface area contributed by atoms with Gasteiger partial charge in [-0.05, 0) is 36.4 Å². The zero-order valence-corrected chi connectivity index (χ0v) is 15.2. The Labute approximate surface area is 157 Å². The van der Waals surface area contributed by atoms with Crippen LogP contribution in [0.1, 0.15) is 23.7 Å². The molecule has 1 N–H and O–H groups in total. The van der Waals surface area contributed by atoms with Crippen molar-refractivity contribution in [1.29, 1.82) is 0 Å². The van der Waals surface area contributed by atoms with Crippen LogP contribution in [0.2, 0.25) is 0 Å². The van der Waals surface area contributed by atoms with Crippen LogP contribution < -0.4 is 14.8 Å². The molecule has 27 heavy (non-hydrogen) atoms. The van der Waals surface area contributed by atoms with Gasteiger partial charge >= 0.3 is 5.97 Å². The average molecular weight is 371 g/mol. The molecule has 0 aliphatic heterocycles. The molecule has 0 saturated carbocycles. The van der Waals surface area contributed by atoms with Crippen molar-refractivity contribution in [2.75, 3.05) is 25.6 Å². The van der Waals surface area contributed by atoms with E-state index in [4.69, 9.17) is 14.2 Å². The predicted octanol–water partition coefficient (Wildman–Crippen LogP) is 2.85. The Morgan fingerprint density at radius 3 is 2.33 bits per heavy atom. The van der Waals surface area contributed by atoms with Crippen LogP contribution in [0.15, 0.2) is 48.5 Å². The number of benzene rings is 2. The number of ketones is 1. The van der Waals surface area contributed by atoms with E-state index in [1.807, 2.05) is 0 Å². The lowest BCUT2D eigenvalue weighted by molar-refractivity contribution is -0.149. The standard InChI is InChI=1S/C20H21NO6/c1-3-17(22)14-8-10-15(11-9-14)26-13-20(24)27-12-19(23)21-16-6-4-5-7-18(16)25-2/h4-11H,3,12-13H2,1-2H3,(H,21,23). The highest BCUT2D eigenvalue weighted by Crippen LogP contribution is 2.22. The Balaban J connectivity index is 1.75. The fourth-order valence-corrected chi connectivity index (χ4v) is 2.21. The Morgan fingerprint density at radius 1 is 0.963 bits per heavy atom. The Morgan fingerprint density at radius 2 is 1.67 bits per heavy atom. The van der Waals surface area contributed by atoms with E-state index in [2.05, 4.69) is 5.32 Å². The van der Waals surface area contributed by atoms with Crippen molar-refractivity contribution in [3.63, 3.8) is 0 Å². The number of hydrogen-bond donors (Lipinski definition) is 1. The van der Waals surface area contributed by atoms with Crippen LogP contribution in [0.4, 0.5) is 5.69 Å². The molecule has 0 aliphatic rings.